The fourth-order valence-corrected chi connectivity index (χ4v) is 1.82. The maximum Gasteiger partial charge on any atom is 0.268 e. The highest BCUT2D eigenvalue weighted by atomic mass is 16.1. The molecule has 0 saturated carbocycles. The van der Waals surface area contributed by atoms with Crippen molar-refractivity contribution in [2.45, 2.75) is 13.0 Å². The van der Waals surface area contributed by atoms with E-state index in [1.54, 1.807) is 12.3 Å². The van der Waals surface area contributed by atoms with Gasteiger partial charge in [0.15, 0.2) is 0 Å². The van der Waals surface area contributed by atoms with E-state index >= 15 is 0 Å². The van der Waals surface area contributed by atoms with E-state index in [-0.39, 0.29) is 5.56 Å². The highest BCUT2D eigenvalue weighted by molar-refractivity contribution is 5.46. The summed E-state index contributed by atoms with van der Waals surface area (Å²) in [4.78, 5) is 13.7. The molecule has 0 aliphatic carbocycles. The molecule has 100 valence electrons. The fourth-order valence-electron chi connectivity index (χ4n) is 1.82. The summed E-state index contributed by atoms with van der Waals surface area (Å²) in [6.07, 6.45) is 2.39. The normalized spacial score (nSPS) is 10.4. The van der Waals surface area contributed by atoms with Crippen molar-refractivity contribution >= 4 is 11.4 Å². The van der Waals surface area contributed by atoms with Crippen LogP contribution in [0, 0.1) is 0 Å². The summed E-state index contributed by atoms with van der Waals surface area (Å²) < 4.78 is 1.46. The van der Waals surface area contributed by atoms with Gasteiger partial charge in [-0.25, -0.2) is 4.68 Å². The molecule has 1 aromatic carbocycles. The summed E-state index contributed by atoms with van der Waals surface area (Å²) in [5.41, 5.74) is 8.37. The second kappa shape index (κ2) is 5.56. The minimum atomic E-state index is -0.0966. The Labute approximate surface area is 112 Å². The molecular weight excluding hydrogens is 240 g/mol. The smallest absolute Gasteiger partial charge is 0.268 e. The summed E-state index contributed by atoms with van der Waals surface area (Å²) in [6, 6.07) is 9.25. The molecule has 1 heterocycles. The first-order valence-electron chi connectivity index (χ1n) is 6.16. The van der Waals surface area contributed by atoms with E-state index in [2.05, 4.69) is 5.10 Å². The lowest BCUT2D eigenvalue weighted by molar-refractivity contribution is 0.578. The van der Waals surface area contributed by atoms with Gasteiger partial charge in [0, 0.05) is 32.4 Å². The third kappa shape index (κ3) is 3.13. The van der Waals surface area contributed by atoms with Gasteiger partial charge in [-0.15, -0.1) is 0 Å². The van der Waals surface area contributed by atoms with Crippen molar-refractivity contribution in [2.24, 2.45) is 0 Å². The van der Waals surface area contributed by atoms with Crippen molar-refractivity contribution in [3.63, 3.8) is 0 Å². The van der Waals surface area contributed by atoms with Crippen LogP contribution in [-0.4, -0.2) is 23.9 Å². The van der Waals surface area contributed by atoms with Gasteiger partial charge in [0.2, 0.25) is 0 Å². The van der Waals surface area contributed by atoms with Crippen LogP contribution in [0.3, 0.4) is 0 Å². The number of aromatic nitrogens is 2. The van der Waals surface area contributed by atoms with Crippen molar-refractivity contribution in [1.29, 1.82) is 0 Å². The molecule has 2 rings (SSSR count). The van der Waals surface area contributed by atoms with Crippen molar-refractivity contribution in [3.05, 3.63) is 52.4 Å². The number of nitrogen functional groups attached to an aromatic ring is 1. The van der Waals surface area contributed by atoms with Crippen LogP contribution in [0.1, 0.15) is 5.56 Å². The Morgan fingerprint density at radius 1 is 1.32 bits per heavy atom. The number of para-hydroxylation sites is 1. The van der Waals surface area contributed by atoms with Gasteiger partial charge in [-0.2, -0.15) is 5.10 Å². The molecule has 19 heavy (non-hydrogen) atoms. The molecule has 0 aliphatic heterocycles. The van der Waals surface area contributed by atoms with Crippen LogP contribution in [0.4, 0.5) is 11.4 Å². The van der Waals surface area contributed by atoms with Crippen LogP contribution < -0.4 is 16.2 Å². The molecule has 2 N–H and O–H groups in total. The lowest BCUT2D eigenvalue weighted by atomic mass is 10.1. The molecule has 0 bridgehead atoms. The van der Waals surface area contributed by atoms with Gasteiger partial charge in [-0.05, 0) is 18.1 Å². The summed E-state index contributed by atoms with van der Waals surface area (Å²) in [6.45, 7) is 0.529. The van der Waals surface area contributed by atoms with Gasteiger partial charge in [0.25, 0.3) is 5.56 Å². The van der Waals surface area contributed by atoms with Gasteiger partial charge in [-0.3, -0.25) is 4.79 Å². The fraction of sp³-hybridized carbons (Fsp3) is 0.286. The number of benzene rings is 1. The Morgan fingerprint density at radius 2 is 2.05 bits per heavy atom. The van der Waals surface area contributed by atoms with E-state index in [9.17, 15) is 4.79 Å². The second-order valence-corrected chi connectivity index (χ2v) is 4.62. The van der Waals surface area contributed by atoms with Crippen molar-refractivity contribution in [3.8, 4) is 0 Å². The first-order valence-corrected chi connectivity index (χ1v) is 6.16. The van der Waals surface area contributed by atoms with Crippen LogP contribution in [-0.2, 0) is 13.0 Å². The van der Waals surface area contributed by atoms with Crippen LogP contribution >= 0.6 is 0 Å². The molecule has 5 heteroatoms. The zero-order valence-corrected chi connectivity index (χ0v) is 11.2. The summed E-state index contributed by atoms with van der Waals surface area (Å²) in [5.74, 6) is 0. The molecule has 0 atom stereocenters. The van der Waals surface area contributed by atoms with Gasteiger partial charge >= 0.3 is 0 Å². The largest absolute Gasteiger partial charge is 0.399 e. The molecule has 2 aromatic rings. The molecule has 0 radical (unpaired) electrons. The molecule has 5 nitrogen and oxygen atoms in total. The van der Waals surface area contributed by atoms with Crippen LogP contribution in [0.2, 0.25) is 0 Å². The van der Waals surface area contributed by atoms with E-state index in [0.29, 0.717) is 13.0 Å². The third-order valence-electron chi connectivity index (χ3n) is 3.02. The number of nitrogens with two attached hydrogens (primary N) is 1. The predicted molar refractivity (Wildman–Crippen MR) is 77.4 cm³/mol. The number of hydrogen-bond donors (Lipinski definition) is 1. The lowest BCUT2D eigenvalue weighted by Gasteiger charge is -2.12. The summed E-state index contributed by atoms with van der Waals surface area (Å²) >= 11 is 0. The van der Waals surface area contributed by atoms with Crippen LogP contribution in [0.5, 0.6) is 0 Å². The lowest BCUT2D eigenvalue weighted by Crippen LogP contribution is -2.25. The zero-order valence-electron chi connectivity index (χ0n) is 11.2. The van der Waals surface area contributed by atoms with E-state index in [0.717, 1.165) is 16.9 Å². The van der Waals surface area contributed by atoms with Crippen LogP contribution in [0.25, 0.3) is 0 Å². The van der Waals surface area contributed by atoms with Gasteiger partial charge < -0.3 is 10.6 Å². The minimum Gasteiger partial charge on any atom is -0.399 e. The Bertz CT molecular complexity index is 619. The van der Waals surface area contributed by atoms with Gasteiger partial charge in [0.05, 0.1) is 11.9 Å². The molecule has 0 saturated heterocycles. The molecule has 1 aromatic heterocycles. The first-order chi connectivity index (χ1) is 9.08. The Hall–Kier alpha value is -2.30. The topological polar surface area (TPSA) is 64.2 Å². The number of nitrogens with zero attached hydrogens (tertiary/aromatic N) is 3. The third-order valence-corrected chi connectivity index (χ3v) is 3.02. The molecule has 0 fully saturated rings. The summed E-state index contributed by atoms with van der Waals surface area (Å²) in [7, 11) is 3.76. The van der Waals surface area contributed by atoms with Gasteiger partial charge in [0.1, 0.15) is 0 Å². The molecule has 0 spiro atoms. The van der Waals surface area contributed by atoms with Crippen molar-refractivity contribution in [2.75, 3.05) is 24.7 Å². The minimum absolute atomic E-state index is 0.0966. The summed E-state index contributed by atoms with van der Waals surface area (Å²) in [5, 5.41) is 4.17. The van der Waals surface area contributed by atoms with E-state index in [1.807, 2.05) is 43.3 Å². The molecular formula is C14H18N4O. The highest BCUT2D eigenvalue weighted by Crippen LogP contribution is 2.11. The second-order valence-electron chi connectivity index (χ2n) is 4.62. The van der Waals surface area contributed by atoms with E-state index in [1.165, 1.54) is 4.68 Å². The quantitative estimate of drug-likeness (QED) is 0.835. The molecule has 0 unspecified atom stereocenters. The van der Waals surface area contributed by atoms with Gasteiger partial charge in [-0.1, -0.05) is 18.2 Å². The Morgan fingerprint density at radius 3 is 2.68 bits per heavy atom. The van der Waals surface area contributed by atoms with E-state index in [4.69, 9.17) is 5.73 Å². The first kappa shape index (κ1) is 13.1. The maximum atomic E-state index is 11.9. The monoisotopic (exact) mass is 258 g/mol. The average Bonchev–Trinajstić information content (AvgIpc) is 2.39. The highest BCUT2D eigenvalue weighted by Gasteiger charge is 2.03. The number of aryl methyl sites for hydroxylation is 2. The predicted octanol–water partition coefficient (Wildman–Crippen LogP) is 1.13. The maximum absolute atomic E-state index is 11.9. The van der Waals surface area contributed by atoms with Crippen LogP contribution in [0.15, 0.2) is 41.3 Å². The Balaban J connectivity index is 2.13. The van der Waals surface area contributed by atoms with E-state index < -0.39 is 0 Å². The standard InChI is InChI=1S/C14H18N4O/c1-17(2)12-9-14(19)18(16-10-12)8-7-11-5-3-4-6-13(11)15/h3-6,9-10H,7-8,15H2,1-2H3. The molecule has 0 aliphatic rings. The number of rotatable bonds is 4. The van der Waals surface area contributed by atoms with Crippen molar-refractivity contribution < 1.29 is 0 Å². The molecule has 0 amide bonds. The Kier molecular flexibility index (Phi) is 3.85. The number of hydrogen-bond acceptors (Lipinski definition) is 4. The van der Waals surface area contributed by atoms with Crippen molar-refractivity contribution in [1.82, 2.24) is 9.78 Å². The zero-order chi connectivity index (χ0) is 13.8. The SMILES string of the molecule is CN(C)c1cnn(CCc2ccccc2N)c(=O)c1. The average molecular weight is 258 g/mol. The number of anilines is 2.